The van der Waals surface area contributed by atoms with E-state index in [1.807, 2.05) is 61.5 Å². The molecule has 2 aromatic carbocycles. The molecule has 0 fully saturated rings. The highest BCUT2D eigenvalue weighted by Gasteiger charge is 2.09. The summed E-state index contributed by atoms with van der Waals surface area (Å²) in [6.45, 7) is 2.20. The molecule has 1 aromatic heterocycles. The van der Waals surface area contributed by atoms with E-state index in [0.717, 1.165) is 16.7 Å². The smallest absolute Gasteiger partial charge is 0.246 e. The zero-order valence-corrected chi connectivity index (χ0v) is 13.3. The fraction of sp³-hybridized carbons (Fsp3) is 0.105. The molecule has 0 aliphatic rings. The van der Waals surface area contributed by atoms with Gasteiger partial charge in [0, 0.05) is 11.6 Å². The lowest BCUT2D eigenvalue weighted by Gasteiger charge is -1.97. The molecule has 24 heavy (non-hydrogen) atoms. The third kappa shape index (κ3) is 4.16. The summed E-state index contributed by atoms with van der Waals surface area (Å²) in [7, 11) is 0. The standard InChI is InChI=1S/C19H17N3O2/c1-14-6-5-9-16(12-14)19-21-18(24-22-19)13-20-17(23)11-10-15-7-3-2-4-8-15/h2-12H,13H2,1H3,(H,20,23). The number of amides is 1. The molecule has 0 aliphatic heterocycles. The Kier molecular flexibility index (Phi) is 4.81. The predicted molar refractivity (Wildman–Crippen MR) is 91.8 cm³/mol. The monoisotopic (exact) mass is 319 g/mol. The third-order valence-corrected chi connectivity index (χ3v) is 3.38. The van der Waals surface area contributed by atoms with Gasteiger partial charge in [-0.05, 0) is 24.6 Å². The van der Waals surface area contributed by atoms with Crippen molar-refractivity contribution in [1.82, 2.24) is 15.5 Å². The zero-order chi connectivity index (χ0) is 16.8. The number of aromatic nitrogens is 2. The maximum atomic E-state index is 11.8. The fourth-order valence-corrected chi connectivity index (χ4v) is 2.19. The first-order valence-electron chi connectivity index (χ1n) is 7.61. The molecular formula is C19H17N3O2. The van der Waals surface area contributed by atoms with Crippen LogP contribution in [-0.2, 0) is 11.3 Å². The minimum atomic E-state index is -0.214. The van der Waals surface area contributed by atoms with E-state index in [9.17, 15) is 4.79 Å². The second-order valence-electron chi connectivity index (χ2n) is 5.34. The van der Waals surface area contributed by atoms with E-state index in [2.05, 4.69) is 15.5 Å². The summed E-state index contributed by atoms with van der Waals surface area (Å²) in [6, 6.07) is 17.5. The Morgan fingerprint density at radius 1 is 1.17 bits per heavy atom. The molecular weight excluding hydrogens is 302 g/mol. The quantitative estimate of drug-likeness (QED) is 0.732. The predicted octanol–water partition coefficient (Wildman–Crippen LogP) is 3.37. The molecule has 0 bridgehead atoms. The van der Waals surface area contributed by atoms with Crippen molar-refractivity contribution in [3.63, 3.8) is 0 Å². The molecule has 1 heterocycles. The molecule has 1 N–H and O–H groups in total. The summed E-state index contributed by atoms with van der Waals surface area (Å²) in [5.74, 6) is 0.671. The van der Waals surface area contributed by atoms with Crippen LogP contribution in [0.3, 0.4) is 0 Å². The number of hydrogen-bond acceptors (Lipinski definition) is 4. The maximum Gasteiger partial charge on any atom is 0.246 e. The number of rotatable bonds is 5. The highest BCUT2D eigenvalue weighted by atomic mass is 16.5. The molecule has 0 unspecified atom stereocenters. The van der Waals surface area contributed by atoms with E-state index in [1.165, 1.54) is 6.08 Å². The van der Waals surface area contributed by atoms with Crippen LogP contribution in [0.1, 0.15) is 17.0 Å². The van der Waals surface area contributed by atoms with Gasteiger partial charge in [-0.2, -0.15) is 4.98 Å². The molecule has 0 radical (unpaired) electrons. The summed E-state index contributed by atoms with van der Waals surface area (Å²) in [5.41, 5.74) is 2.98. The topological polar surface area (TPSA) is 68.0 Å². The van der Waals surface area contributed by atoms with Crippen LogP contribution in [0.5, 0.6) is 0 Å². The Hall–Kier alpha value is -3.21. The van der Waals surface area contributed by atoms with Gasteiger partial charge in [-0.15, -0.1) is 0 Å². The molecule has 0 saturated carbocycles. The molecule has 3 aromatic rings. The lowest BCUT2D eigenvalue weighted by Crippen LogP contribution is -2.20. The van der Waals surface area contributed by atoms with Gasteiger partial charge >= 0.3 is 0 Å². The summed E-state index contributed by atoms with van der Waals surface area (Å²) >= 11 is 0. The first kappa shape index (κ1) is 15.7. The Balaban J connectivity index is 1.57. The summed E-state index contributed by atoms with van der Waals surface area (Å²) in [4.78, 5) is 16.1. The molecule has 3 rings (SSSR count). The molecule has 5 heteroatoms. The van der Waals surface area contributed by atoms with Crippen molar-refractivity contribution in [3.8, 4) is 11.4 Å². The highest BCUT2D eigenvalue weighted by molar-refractivity contribution is 5.91. The second kappa shape index (κ2) is 7.37. The molecule has 5 nitrogen and oxygen atoms in total. The van der Waals surface area contributed by atoms with Gasteiger partial charge in [0.05, 0.1) is 6.54 Å². The second-order valence-corrected chi connectivity index (χ2v) is 5.34. The largest absolute Gasteiger partial charge is 0.343 e. The Morgan fingerprint density at radius 3 is 2.79 bits per heavy atom. The average molecular weight is 319 g/mol. The lowest BCUT2D eigenvalue weighted by atomic mass is 10.1. The fourth-order valence-electron chi connectivity index (χ4n) is 2.19. The molecule has 0 saturated heterocycles. The SMILES string of the molecule is Cc1cccc(-c2noc(CNC(=O)C=Cc3ccccc3)n2)c1. The maximum absolute atomic E-state index is 11.8. The summed E-state index contributed by atoms with van der Waals surface area (Å²) < 4.78 is 5.17. The molecule has 1 amide bonds. The van der Waals surface area contributed by atoms with Gasteiger partial charge in [-0.1, -0.05) is 59.3 Å². The molecule has 120 valence electrons. The van der Waals surface area contributed by atoms with Gasteiger partial charge in [0.2, 0.25) is 17.6 Å². The van der Waals surface area contributed by atoms with Crippen LogP contribution >= 0.6 is 0 Å². The van der Waals surface area contributed by atoms with E-state index < -0.39 is 0 Å². The minimum absolute atomic E-state index is 0.191. The van der Waals surface area contributed by atoms with Crippen molar-refractivity contribution >= 4 is 12.0 Å². The van der Waals surface area contributed by atoms with Crippen molar-refractivity contribution in [3.05, 3.63) is 77.7 Å². The normalized spacial score (nSPS) is 10.9. The number of aryl methyl sites for hydroxylation is 1. The summed E-state index contributed by atoms with van der Waals surface area (Å²) in [6.07, 6.45) is 3.23. The van der Waals surface area contributed by atoms with Crippen LogP contribution in [-0.4, -0.2) is 16.0 Å². The van der Waals surface area contributed by atoms with Crippen molar-refractivity contribution in [2.45, 2.75) is 13.5 Å². The van der Waals surface area contributed by atoms with Gasteiger partial charge in [0.25, 0.3) is 0 Å². The molecule has 0 spiro atoms. The van der Waals surface area contributed by atoms with Crippen LogP contribution in [0.2, 0.25) is 0 Å². The van der Waals surface area contributed by atoms with Crippen molar-refractivity contribution in [2.75, 3.05) is 0 Å². The van der Waals surface area contributed by atoms with E-state index in [-0.39, 0.29) is 12.5 Å². The van der Waals surface area contributed by atoms with Crippen LogP contribution in [0.15, 0.2) is 65.2 Å². The lowest BCUT2D eigenvalue weighted by molar-refractivity contribution is -0.116. The van der Waals surface area contributed by atoms with E-state index in [0.29, 0.717) is 11.7 Å². The number of carbonyl (C=O) groups excluding carboxylic acids is 1. The highest BCUT2D eigenvalue weighted by Crippen LogP contribution is 2.16. The third-order valence-electron chi connectivity index (χ3n) is 3.38. The number of nitrogens with zero attached hydrogens (tertiary/aromatic N) is 2. The van der Waals surface area contributed by atoms with Crippen LogP contribution in [0.25, 0.3) is 17.5 Å². The van der Waals surface area contributed by atoms with Crippen molar-refractivity contribution in [1.29, 1.82) is 0 Å². The van der Waals surface area contributed by atoms with Crippen LogP contribution in [0.4, 0.5) is 0 Å². The summed E-state index contributed by atoms with van der Waals surface area (Å²) in [5, 5.41) is 6.67. The number of nitrogens with one attached hydrogen (secondary N) is 1. The van der Waals surface area contributed by atoms with Crippen LogP contribution < -0.4 is 5.32 Å². The van der Waals surface area contributed by atoms with Gasteiger partial charge < -0.3 is 9.84 Å². The van der Waals surface area contributed by atoms with E-state index in [4.69, 9.17) is 4.52 Å². The Morgan fingerprint density at radius 2 is 2.00 bits per heavy atom. The van der Waals surface area contributed by atoms with Crippen molar-refractivity contribution in [2.24, 2.45) is 0 Å². The number of hydrogen-bond donors (Lipinski definition) is 1. The van der Waals surface area contributed by atoms with Gasteiger partial charge in [0.15, 0.2) is 0 Å². The van der Waals surface area contributed by atoms with Crippen molar-refractivity contribution < 1.29 is 9.32 Å². The minimum Gasteiger partial charge on any atom is -0.343 e. The first-order valence-corrected chi connectivity index (χ1v) is 7.61. The van der Waals surface area contributed by atoms with Gasteiger partial charge in [0.1, 0.15) is 0 Å². The molecule has 0 aliphatic carbocycles. The van der Waals surface area contributed by atoms with E-state index in [1.54, 1.807) is 6.08 Å². The van der Waals surface area contributed by atoms with Gasteiger partial charge in [-0.3, -0.25) is 4.79 Å². The number of benzene rings is 2. The van der Waals surface area contributed by atoms with Crippen LogP contribution in [0, 0.1) is 6.92 Å². The Labute approximate surface area is 140 Å². The van der Waals surface area contributed by atoms with Gasteiger partial charge in [-0.25, -0.2) is 0 Å². The number of carbonyl (C=O) groups is 1. The molecule has 0 atom stereocenters. The van der Waals surface area contributed by atoms with E-state index >= 15 is 0 Å². The first-order chi connectivity index (χ1) is 11.7. The Bertz CT molecular complexity index is 854. The average Bonchev–Trinajstić information content (AvgIpc) is 3.08. The zero-order valence-electron chi connectivity index (χ0n) is 13.3.